The van der Waals surface area contributed by atoms with Gasteiger partial charge in [0.2, 0.25) is 5.91 Å². The molecule has 0 radical (unpaired) electrons. The fraction of sp³-hybridized carbons (Fsp3) is 0.500. The maximum absolute atomic E-state index is 12.6. The molecule has 5 nitrogen and oxygen atoms in total. The second kappa shape index (κ2) is 6.72. The second-order valence-corrected chi connectivity index (χ2v) is 5.53. The summed E-state index contributed by atoms with van der Waals surface area (Å²) in [6.07, 6.45) is 3.09. The summed E-state index contributed by atoms with van der Waals surface area (Å²) in [5, 5.41) is 9.27. The van der Waals surface area contributed by atoms with Crippen LogP contribution >= 0.6 is 0 Å². The molecule has 0 aromatic heterocycles. The third kappa shape index (κ3) is 3.24. The van der Waals surface area contributed by atoms with Gasteiger partial charge < -0.3 is 15.7 Å². The number of carboxylic acids is 1. The van der Waals surface area contributed by atoms with Gasteiger partial charge in [0.1, 0.15) is 0 Å². The number of nitrogens with two attached hydrogens (primary N) is 1. The predicted octanol–water partition coefficient (Wildman–Crippen LogP) is 2.04. The number of anilines is 1. The van der Waals surface area contributed by atoms with Gasteiger partial charge in [0, 0.05) is 18.2 Å². The van der Waals surface area contributed by atoms with Gasteiger partial charge in [-0.05, 0) is 49.9 Å². The summed E-state index contributed by atoms with van der Waals surface area (Å²) < 4.78 is 0. The molecule has 1 amide bonds. The van der Waals surface area contributed by atoms with Crippen molar-refractivity contribution in [3.05, 3.63) is 29.3 Å². The molecule has 1 aromatic carbocycles. The Balaban J connectivity index is 2.28. The summed E-state index contributed by atoms with van der Waals surface area (Å²) >= 11 is 0. The monoisotopic (exact) mass is 290 g/mol. The van der Waals surface area contributed by atoms with E-state index >= 15 is 0 Å². The molecule has 1 unspecified atom stereocenters. The lowest BCUT2D eigenvalue weighted by Crippen LogP contribution is -2.39. The van der Waals surface area contributed by atoms with E-state index in [1.807, 2.05) is 13.0 Å². The molecule has 3 N–H and O–H groups in total. The van der Waals surface area contributed by atoms with E-state index in [4.69, 9.17) is 5.73 Å². The lowest BCUT2D eigenvalue weighted by atomic mass is 9.94. The summed E-state index contributed by atoms with van der Waals surface area (Å²) in [5.74, 6) is -0.961. The normalized spacial score (nSPS) is 15.4. The van der Waals surface area contributed by atoms with Crippen LogP contribution in [0, 0.1) is 5.92 Å². The Bertz CT molecular complexity index is 542. The topological polar surface area (TPSA) is 83.6 Å². The Morgan fingerprint density at radius 1 is 1.43 bits per heavy atom. The standard InChI is InChI=1S/C16H22N2O3/c1-11(5-3-9-17)15(19)18-10-4-7-12-13(16(20)21)6-2-8-14(12)18/h2,6,8,11H,3-5,7,9-10,17H2,1H3,(H,20,21). The van der Waals surface area contributed by atoms with Crippen LogP contribution in [0.25, 0.3) is 0 Å². The molecule has 21 heavy (non-hydrogen) atoms. The minimum Gasteiger partial charge on any atom is -0.478 e. The van der Waals surface area contributed by atoms with Crippen molar-refractivity contribution in [2.75, 3.05) is 18.0 Å². The van der Waals surface area contributed by atoms with Crippen LogP contribution in [0.15, 0.2) is 18.2 Å². The number of carbonyl (C=O) groups excluding carboxylic acids is 1. The maximum Gasteiger partial charge on any atom is 0.336 e. The molecular weight excluding hydrogens is 268 g/mol. The average molecular weight is 290 g/mol. The molecular formula is C16H22N2O3. The smallest absolute Gasteiger partial charge is 0.336 e. The SMILES string of the molecule is CC(CCCN)C(=O)N1CCCc2c(C(=O)O)cccc21. The van der Waals surface area contributed by atoms with Crippen LogP contribution in [0.1, 0.15) is 42.1 Å². The Labute approximate surface area is 124 Å². The van der Waals surface area contributed by atoms with Gasteiger partial charge in [0.15, 0.2) is 0 Å². The van der Waals surface area contributed by atoms with Crippen LogP contribution in [0.5, 0.6) is 0 Å². The van der Waals surface area contributed by atoms with Gasteiger partial charge in [-0.15, -0.1) is 0 Å². The largest absolute Gasteiger partial charge is 0.478 e. The quantitative estimate of drug-likeness (QED) is 0.869. The molecule has 114 valence electrons. The van der Waals surface area contributed by atoms with E-state index in [1.165, 1.54) is 0 Å². The highest BCUT2D eigenvalue weighted by molar-refractivity contribution is 5.99. The second-order valence-electron chi connectivity index (χ2n) is 5.53. The van der Waals surface area contributed by atoms with Gasteiger partial charge in [-0.3, -0.25) is 4.79 Å². The van der Waals surface area contributed by atoms with Crippen molar-refractivity contribution in [1.29, 1.82) is 0 Å². The summed E-state index contributed by atoms with van der Waals surface area (Å²) in [4.78, 5) is 25.6. The third-order valence-corrected chi connectivity index (χ3v) is 4.01. The molecule has 0 fully saturated rings. The number of benzene rings is 1. The molecule has 0 saturated heterocycles. The molecule has 1 atom stereocenters. The number of hydrogen-bond donors (Lipinski definition) is 2. The molecule has 0 saturated carbocycles. The summed E-state index contributed by atoms with van der Waals surface area (Å²) in [6.45, 7) is 3.15. The molecule has 0 spiro atoms. The van der Waals surface area contributed by atoms with Gasteiger partial charge in [0.05, 0.1) is 5.56 Å². The first-order valence-corrected chi connectivity index (χ1v) is 7.43. The number of hydrogen-bond acceptors (Lipinski definition) is 3. The third-order valence-electron chi connectivity index (χ3n) is 4.01. The van der Waals surface area contributed by atoms with Gasteiger partial charge in [-0.2, -0.15) is 0 Å². The van der Waals surface area contributed by atoms with E-state index in [-0.39, 0.29) is 11.8 Å². The minimum atomic E-state index is -0.933. The van der Waals surface area contributed by atoms with Gasteiger partial charge >= 0.3 is 5.97 Å². The molecule has 0 aliphatic carbocycles. The first kappa shape index (κ1) is 15.5. The van der Waals surface area contributed by atoms with Crippen molar-refractivity contribution < 1.29 is 14.7 Å². The fourth-order valence-corrected chi connectivity index (χ4v) is 2.87. The number of aromatic carboxylic acids is 1. The highest BCUT2D eigenvalue weighted by Crippen LogP contribution is 2.31. The summed E-state index contributed by atoms with van der Waals surface area (Å²) in [5.41, 5.74) is 7.33. The lowest BCUT2D eigenvalue weighted by molar-refractivity contribution is -0.122. The van der Waals surface area contributed by atoms with E-state index in [0.29, 0.717) is 25.1 Å². The molecule has 1 aliphatic heterocycles. The molecule has 1 aromatic rings. The number of fused-ring (bicyclic) bond motifs is 1. The Morgan fingerprint density at radius 2 is 2.19 bits per heavy atom. The zero-order valence-electron chi connectivity index (χ0n) is 12.3. The van der Waals surface area contributed by atoms with Crippen LogP contribution < -0.4 is 10.6 Å². The van der Waals surface area contributed by atoms with Crippen molar-refractivity contribution in [2.24, 2.45) is 11.7 Å². The number of carbonyl (C=O) groups is 2. The maximum atomic E-state index is 12.6. The zero-order chi connectivity index (χ0) is 15.4. The van der Waals surface area contributed by atoms with Crippen molar-refractivity contribution in [3.63, 3.8) is 0 Å². The van der Waals surface area contributed by atoms with Crippen LogP contribution in [0.2, 0.25) is 0 Å². The highest BCUT2D eigenvalue weighted by Gasteiger charge is 2.28. The van der Waals surface area contributed by atoms with Gasteiger partial charge in [0.25, 0.3) is 0 Å². The van der Waals surface area contributed by atoms with Crippen molar-refractivity contribution in [1.82, 2.24) is 0 Å². The van der Waals surface area contributed by atoms with Crippen LogP contribution in [0.4, 0.5) is 5.69 Å². The van der Waals surface area contributed by atoms with Crippen molar-refractivity contribution >= 4 is 17.6 Å². The van der Waals surface area contributed by atoms with Crippen LogP contribution in [0.3, 0.4) is 0 Å². The molecule has 1 heterocycles. The van der Waals surface area contributed by atoms with E-state index in [9.17, 15) is 14.7 Å². The lowest BCUT2D eigenvalue weighted by Gasteiger charge is -2.32. The van der Waals surface area contributed by atoms with E-state index in [0.717, 1.165) is 30.5 Å². The number of nitrogens with zero attached hydrogens (tertiary/aromatic N) is 1. The van der Waals surface area contributed by atoms with Gasteiger partial charge in [-0.25, -0.2) is 4.79 Å². The highest BCUT2D eigenvalue weighted by atomic mass is 16.4. The number of rotatable bonds is 5. The minimum absolute atomic E-state index is 0.0620. The van der Waals surface area contributed by atoms with Crippen LogP contribution in [-0.2, 0) is 11.2 Å². The molecule has 1 aliphatic rings. The van der Waals surface area contributed by atoms with E-state index < -0.39 is 5.97 Å². The number of carboxylic acid groups (broad SMARTS) is 1. The Morgan fingerprint density at radius 3 is 2.86 bits per heavy atom. The molecule has 0 bridgehead atoms. The zero-order valence-corrected chi connectivity index (χ0v) is 12.3. The average Bonchev–Trinajstić information content (AvgIpc) is 2.50. The molecule has 5 heteroatoms. The van der Waals surface area contributed by atoms with Crippen molar-refractivity contribution in [2.45, 2.75) is 32.6 Å². The fourth-order valence-electron chi connectivity index (χ4n) is 2.87. The van der Waals surface area contributed by atoms with E-state index in [1.54, 1.807) is 17.0 Å². The number of amides is 1. The van der Waals surface area contributed by atoms with Crippen molar-refractivity contribution in [3.8, 4) is 0 Å². The predicted molar refractivity (Wildman–Crippen MR) is 81.5 cm³/mol. The molecule has 2 rings (SSSR count). The first-order valence-electron chi connectivity index (χ1n) is 7.43. The van der Waals surface area contributed by atoms with Crippen LogP contribution in [-0.4, -0.2) is 30.1 Å². The summed E-state index contributed by atoms with van der Waals surface area (Å²) in [7, 11) is 0. The first-order chi connectivity index (χ1) is 10.1. The summed E-state index contributed by atoms with van der Waals surface area (Å²) in [6, 6.07) is 5.15. The Kier molecular flexibility index (Phi) is 4.96. The Hall–Kier alpha value is -1.88. The van der Waals surface area contributed by atoms with Gasteiger partial charge in [-0.1, -0.05) is 13.0 Å². The van der Waals surface area contributed by atoms with E-state index in [2.05, 4.69) is 0 Å².